The molecule has 3 heterocycles. The van der Waals surface area contributed by atoms with Crippen molar-refractivity contribution in [1.29, 1.82) is 0 Å². The lowest BCUT2D eigenvalue weighted by Gasteiger charge is -2.39. The summed E-state index contributed by atoms with van der Waals surface area (Å²) in [4.78, 5) is 14.9. The Morgan fingerprint density at radius 2 is 0.973 bits per heavy atom. The van der Waals surface area contributed by atoms with Gasteiger partial charge in [-0.3, -0.25) is 9.30 Å². The zero-order valence-corrected chi connectivity index (χ0v) is 19.9. The van der Waals surface area contributed by atoms with Gasteiger partial charge >= 0.3 is 0 Å². The van der Waals surface area contributed by atoms with E-state index in [2.05, 4.69) is 123 Å². The quantitative estimate of drug-likeness (QED) is 0.252. The molecule has 2 aromatic heterocycles. The minimum atomic E-state index is 0.815. The van der Waals surface area contributed by atoms with E-state index < -0.39 is 0 Å². The molecule has 7 aromatic rings. The van der Waals surface area contributed by atoms with Gasteiger partial charge in [0.15, 0.2) is 0 Å². The van der Waals surface area contributed by atoms with Gasteiger partial charge in [-0.15, -0.1) is 0 Å². The Morgan fingerprint density at radius 3 is 1.68 bits per heavy atom. The van der Waals surface area contributed by atoms with Gasteiger partial charge in [0.05, 0.1) is 39.3 Å². The molecular weight excluding hydrogens is 454 g/mol. The molecule has 0 atom stereocenters. The third-order valence-electron chi connectivity index (χ3n) is 7.07. The summed E-state index contributed by atoms with van der Waals surface area (Å²) in [7, 11) is 0. The SMILES string of the molecule is c1ccc(N2c3ccccc3N(c3nc4ccccc4c4nc5ccccc5n34)c3ccccc32)cc1. The number of hydrogen-bond acceptors (Lipinski definition) is 4. The Balaban J connectivity index is 1.51. The predicted octanol–water partition coefficient (Wildman–Crippen LogP) is 8.29. The number of nitrogens with zero attached hydrogens (tertiary/aromatic N) is 5. The van der Waals surface area contributed by atoms with Crippen molar-refractivity contribution < 1.29 is 0 Å². The molecule has 37 heavy (non-hydrogen) atoms. The maximum Gasteiger partial charge on any atom is 0.221 e. The molecule has 174 valence electrons. The van der Waals surface area contributed by atoms with Crippen molar-refractivity contribution in [1.82, 2.24) is 14.4 Å². The van der Waals surface area contributed by atoms with E-state index in [1.165, 1.54) is 0 Å². The van der Waals surface area contributed by atoms with Crippen LogP contribution in [0.1, 0.15) is 0 Å². The molecule has 0 unspecified atom stereocenters. The Labute approximate surface area is 213 Å². The first-order chi connectivity index (χ1) is 18.4. The first-order valence-corrected chi connectivity index (χ1v) is 12.4. The number of imidazole rings is 1. The minimum absolute atomic E-state index is 0.815. The maximum atomic E-state index is 5.28. The van der Waals surface area contributed by atoms with Gasteiger partial charge in [0.2, 0.25) is 5.95 Å². The van der Waals surface area contributed by atoms with Gasteiger partial charge in [-0.25, -0.2) is 9.97 Å². The predicted molar refractivity (Wildman–Crippen MR) is 151 cm³/mol. The van der Waals surface area contributed by atoms with Crippen molar-refractivity contribution in [2.24, 2.45) is 0 Å². The number of anilines is 6. The topological polar surface area (TPSA) is 36.7 Å². The van der Waals surface area contributed by atoms with Crippen LogP contribution in [0.15, 0.2) is 127 Å². The monoisotopic (exact) mass is 475 g/mol. The second kappa shape index (κ2) is 7.67. The highest BCUT2D eigenvalue weighted by Crippen LogP contribution is 2.53. The number of para-hydroxylation sites is 8. The summed E-state index contributed by atoms with van der Waals surface area (Å²) < 4.78 is 2.20. The lowest BCUT2D eigenvalue weighted by atomic mass is 10.1. The molecule has 5 aromatic carbocycles. The summed E-state index contributed by atoms with van der Waals surface area (Å²) in [6.07, 6.45) is 0. The van der Waals surface area contributed by atoms with E-state index in [-0.39, 0.29) is 0 Å². The Kier molecular flexibility index (Phi) is 4.16. The van der Waals surface area contributed by atoms with Gasteiger partial charge in [-0.1, -0.05) is 66.7 Å². The fourth-order valence-corrected chi connectivity index (χ4v) is 5.49. The van der Waals surface area contributed by atoms with Gasteiger partial charge < -0.3 is 4.90 Å². The lowest BCUT2D eigenvalue weighted by molar-refractivity contribution is 1.05. The summed E-state index contributed by atoms with van der Waals surface area (Å²) in [6, 6.07) is 44.1. The maximum absolute atomic E-state index is 5.28. The molecule has 0 saturated carbocycles. The van der Waals surface area contributed by atoms with Crippen LogP contribution in [0.25, 0.3) is 27.6 Å². The molecule has 5 heteroatoms. The minimum Gasteiger partial charge on any atom is -0.306 e. The van der Waals surface area contributed by atoms with Crippen molar-refractivity contribution in [3.8, 4) is 0 Å². The van der Waals surface area contributed by atoms with E-state index in [1.807, 2.05) is 18.2 Å². The van der Waals surface area contributed by atoms with E-state index in [0.717, 1.165) is 62.0 Å². The van der Waals surface area contributed by atoms with Crippen molar-refractivity contribution in [3.05, 3.63) is 127 Å². The average molecular weight is 476 g/mol. The van der Waals surface area contributed by atoms with Gasteiger partial charge in [0.25, 0.3) is 0 Å². The van der Waals surface area contributed by atoms with E-state index in [9.17, 15) is 0 Å². The van der Waals surface area contributed by atoms with Crippen LogP contribution < -0.4 is 9.80 Å². The van der Waals surface area contributed by atoms with E-state index in [0.29, 0.717) is 0 Å². The second-order valence-corrected chi connectivity index (χ2v) is 9.17. The summed E-state index contributed by atoms with van der Waals surface area (Å²) in [5.41, 5.74) is 9.24. The average Bonchev–Trinajstić information content (AvgIpc) is 3.36. The highest BCUT2D eigenvalue weighted by molar-refractivity contribution is 6.03. The number of benzene rings is 5. The van der Waals surface area contributed by atoms with Crippen LogP contribution in [-0.4, -0.2) is 14.4 Å². The normalized spacial score (nSPS) is 12.8. The van der Waals surface area contributed by atoms with Crippen LogP contribution in [-0.2, 0) is 0 Å². The molecular formula is C32H21N5. The van der Waals surface area contributed by atoms with Gasteiger partial charge in [0, 0.05) is 11.1 Å². The summed E-state index contributed by atoms with van der Waals surface area (Å²) in [5, 5.41) is 1.03. The van der Waals surface area contributed by atoms with Gasteiger partial charge in [-0.2, -0.15) is 0 Å². The highest BCUT2D eigenvalue weighted by atomic mass is 15.4. The highest BCUT2D eigenvalue weighted by Gasteiger charge is 2.32. The van der Waals surface area contributed by atoms with Gasteiger partial charge in [-0.05, 0) is 60.7 Å². The molecule has 0 aliphatic carbocycles. The number of aromatic nitrogens is 3. The number of fused-ring (bicyclic) bond motifs is 7. The summed E-state index contributed by atoms with van der Waals surface area (Å²) in [5.74, 6) is 0.815. The van der Waals surface area contributed by atoms with Crippen molar-refractivity contribution in [2.75, 3.05) is 9.80 Å². The van der Waals surface area contributed by atoms with Crippen LogP contribution in [0.4, 0.5) is 34.4 Å². The zero-order valence-electron chi connectivity index (χ0n) is 19.9. The first kappa shape index (κ1) is 20.1. The summed E-state index contributed by atoms with van der Waals surface area (Å²) in [6.45, 7) is 0. The van der Waals surface area contributed by atoms with Crippen LogP contribution in [0, 0.1) is 0 Å². The molecule has 1 aliphatic heterocycles. The fraction of sp³-hybridized carbons (Fsp3) is 0. The van der Waals surface area contributed by atoms with E-state index in [4.69, 9.17) is 9.97 Å². The van der Waals surface area contributed by atoms with E-state index >= 15 is 0 Å². The Bertz CT molecular complexity index is 1910. The van der Waals surface area contributed by atoms with Crippen molar-refractivity contribution in [3.63, 3.8) is 0 Å². The first-order valence-electron chi connectivity index (χ1n) is 12.4. The number of hydrogen-bond donors (Lipinski definition) is 0. The van der Waals surface area contributed by atoms with Gasteiger partial charge in [0.1, 0.15) is 5.65 Å². The van der Waals surface area contributed by atoms with Crippen LogP contribution in [0.2, 0.25) is 0 Å². The van der Waals surface area contributed by atoms with E-state index in [1.54, 1.807) is 0 Å². The molecule has 8 rings (SSSR count). The van der Waals surface area contributed by atoms with Crippen LogP contribution in [0.5, 0.6) is 0 Å². The molecule has 5 nitrogen and oxygen atoms in total. The molecule has 0 amide bonds. The lowest BCUT2D eigenvalue weighted by Crippen LogP contribution is -2.25. The molecule has 0 spiro atoms. The smallest absolute Gasteiger partial charge is 0.221 e. The summed E-state index contributed by atoms with van der Waals surface area (Å²) >= 11 is 0. The molecule has 1 aliphatic rings. The molecule has 0 saturated heterocycles. The number of rotatable bonds is 2. The van der Waals surface area contributed by atoms with Crippen LogP contribution in [0.3, 0.4) is 0 Å². The second-order valence-electron chi connectivity index (χ2n) is 9.17. The Hall–Kier alpha value is -5.16. The molecule has 0 N–H and O–H groups in total. The standard InChI is InChI=1S/C32H21N5/c1-2-12-22(13-3-1)35-27-18-8-10-20-29(27)36(30-21-11-9-19-28(30)35)32-34-24-15-5-4-14-23(24)31-33-25-16-6-7-17-26(25)37(31)32/h1-21H. The molecule has 0 fully saturated rings. The molecule has 0 bridgehead atoms. The third kappa shape index (κ3) is 2.85. The van der Waals surface area contributed by atoms with Crippen LogP contribution >= 0.6 is 0 Å². The fourth-order valence-electron chi connectivity index (χ4n) is 5.49. The Morgan fingerprint density at radius 1 is 0.432 bits per heavy atom. The largest absolute Gasteiger partial charge is 0.306 e. The van der Waals surface area contributed by atoms with Crippen molar-refractivity contribution >= 4 is 62.0 Å². The zero-order chi connectivity index (χ0) is 24.3. The third-order valence-corrected chi connectivity index (χ3v) is 7.07. The molecule has 0 radical (unpaired) electrons. The van der Waals surface area contributed by atoms with Crippen molar-refractivity contribution in [2.45, 2.75) is 0 Å².